The van der Waals surface area contributed by atoms with E-state index in [1.807, 2.05) is 0 Å². The first-order valence-corrected chi connectivity index (χ1v) is 7.44. The summed E-state index contributed by atoms with van der Waals surface area (Å²) in [6.45, 7) is 5.97. The molecule has 1 aliphatic heterocycles. The van der Waals surface area contributed by atoms with E-state index in [0.29, 0.717) is 0 Å². The monoisotopic (exact) mass is 244 g/mol. The van der Waals surface area contributed by atoms with E-state index in [0.717, 1.165) is 19.0 Å². The second-order valence-corrected chi connectivity index (χ2v) is 5.67. The van der Waals surface area contributed by atoms with Gasteiger partial charge in [0.15, 0.2) is 0 Å². The maximum atomic E-state index is 3.42. The molecule has 0 atom stereocenters. The van der Waals surface area contributed by atoms with Gasteiger partial charge in [0, 0.05) is 32.7 Å². The van der Waals surface area contributed by atoms with Gasteiger partial charge in [-0.1, -0.05) is 30.7 Å². The molecule has 2 fully saturated rings. The Morgan fingerprint density at radius 1 is 1.11 bits per heavy atom. The summed E-state index contributed by atoms with van der Waals surface area (Å²) < 4.78 is 0. The van der Waals surface area contributed by atoms with Crippen molar-refractivity contribution in [3.8, 4) is 0 Å². The van der Waals surface area contributed by atoms with Crippen molar-refractivity contribution in [2.24, 2.45) is 0 Å². The third-order valence-corrected chi connectivity index (χ3v) is 4.51. The predicted molar refractivity (Wildman–Crippen MR) is 76.0 cm³/mol. The standard InChI is InChI=1S/C16H24N2/c1-2-7-16(14-5-3-6-14)15(4-1)8-11-18-12-9-17-10-13-18/h1-2,4,7,14,17H,3,5-6,8-13H2. The third kappa shape index (κ3) is 2.76. The Morgan fingerprint density at radius 2 is 1.89 bits per heavy atom. The van der Waals surface area contributed by atoms with Crippen LogP contribution in [0.15, 0.2) is 24.3 Å². The molecule has 1 aromatic carbocycles. The predicted octanol–water partition coefficient (Wildman–Crippen LogP) is 2.40. The van der Waals surface area contributed by atoms with Crippen LogP contribution in [-0.2, 0) is 6.42 Å². The highest BCUT2D eigenvalue weighted by molar-refractivity contribution is 5.31. The molecule has 3 rings (SSSR count). The van der Waals surface area contributed by atoms with E-state index in [-0.39, 0.29) is 0 Å². The Bertz CT molecular complexity index is 378. The molecule has 0 radical (unpaired) electrons. The summed E-state index contributed by atoms with van der Waals surface area (Å²) >= 11 is 0. The van der Waals surface area contributed by atoms with Gasteiger partial charge in [0.25, 0.3) is 0 Å². The zero-order chi connectivity index (χ0) is 12.2. The van der Waals surface area contributed by atoms with Crippen molar-refractivity contribution in [2.45, 2.75) is 31.6 Å². The first-order chi connectivity index (χ1) is 8.93. The summed E-state index contributed by atoms with van der Waals surface area (Å²) in [4.78, 5) is 2.59. The first kappa shape index (κ1) is 12.2. The highest BCUT2D eigenvalue weighted by Crippen LogP contribution is 2.38. The molecular weight excluding hydrogens is 220 g/mol. The van der Waals surface area contributed by atoms with Crippen LogP contribution in [0.4, 0.5) is 0 Å². The fraction of sp³-hybridized carbons (Fsp3) is 0.625. The number of nitrogens with zero attached hydrogens (tertiary/aromatic N) is 1. The molecule has 0 bridgehead atoms. The van der Waals surface area contributed by atoms with Crippen LogP contribution in [0.5, 0.6) is 0 Å². The maximum absolute atomic E-state index is 3.42. The normalized spacial score (nSPS) is 21.8. The van der Waals surface area contributed by atoms with Crippen molar-refractivity contribution in [1.29, 1.82) is 0 Å². The topological polar surface area (TPSA) is 15.3 Å². The SMILES string of the molecule is c1ccc(C2CCC2)c(CCN2CCNCC2)c1. The molecule has 18 heavy (non-hydrogen) atoms. The fourth-order valence-electron chi connectivity index (χ4n) is 3.09. The van der Waals surface area contributed by atoms with Crippen molar-refractivity contribution in [2.75, 3.05) is 32.7 Å². The van der Waals surface area contributed by atoms with Crippen LogP contribution < -0.4 is 5.32 Å². The number of nitrogens with one attached hydrogen (secondary N) is 1. The molecule has 1 saturated heterocycles. The minimum atomic E-state index is 0.865. The molecule has 1 heterocycles. The van der Waals surface area contributed by atoms with E-state index < -0.39 is 0 Å². The third-order valence-electron chi connectivity index (χ3n) is 4.51. The van der Waals surface area contributed by atoms with Crippen LogP contribution in [0.2, 0.25) is 0 Å². The minimum Gasteiger partial charge on any atom is -0.314 e. The summed E-state index contributed by atoms with van der Waals surface area (Å²) in [7, 11) is 0. The van der Waals surface area contributed by atoms with Crippen molar-refractivity contribution in [3.05, 3.63) is 35.4 Å². The van der Waals surface area contributed by atoms with Crippen LogP contribution in [-0.4, -0.2) is 37.6 Å². The molecule has 1 N–H and O–H groups in total. The lowest BCUT2D eigenvalue weighted by molar-refractivity contribution is 0.243. The van der Waals surface area contributed by atoms with Crippen LogP contribution in [0.1, 0.15) is 36.3 Å². The van der Waals surface area contributed by atoms with E-state index in [1.54, 1.807) is 11.1 Å². The number of piperazine rings is 1. The summed E-state index contributed by atoms with van der Waals surface area (Å²) in [5.41, 5.74) is 3.24. The van der Waals surface area contributed by atoms with E-state index >= 15 is 0 Å². The van der Waals surface area contributed by atoms with Gasteiger partial charge in [0.1, 0.15) is 0 Å². The average molecular weight is 244 g/mol. The Labute approximate surface area is 110 Å². The summed E-state index contributed by atoms with van der Waals surface area (Å²) in [5.74, 6) is 0.865. The van der Waals surface area contributed by atoms with Crippen LogP contribution in [0.3, 0.4) is 0 Å². The van der Waals surface area contributed by atoms with Crippen molar-refractivity contribution in [3.63, 3.8) is 0 Å². The molecule has 2 aliphatic rings. The van der Waals surface area contributed by atoms with E-state index in [1.165, 1.54) is 45.3 Å². The van der Waals surface area contributed by atoms with Gasteiger partial charge in [-0.2, -0.15) is 0 Å². The summed E-state index contributed by atoms with van der Waals surface area (Å²) in [6.07, 6.45) is 5.47. The lowest BCUT2D eigenvalue weighted by Crippen LogP contribution is -2.44. The maximum Gasteiger partial charge on any atom is 0.0108 e. The summed E-state index contributed by atoms with van der Waals surface area (Å²) in [5, 5.41) is 3.42. The van der Waals surface area contributed by atoms with Crippen LogP contribution in [0, 0.1) is 0 Å². The number of hydrogen-bond donors (Lipinski definition) is 1. The van der Waals surface area contributed by atoms with Crippen molar-refractivity contribution < 1.29 is 0 Å². The van der Waals surface area contributed by atoms with Gasteiger partial charge >= 0.3 is 0 Å². The Balaban J connectivity index is 1.60. The quantitative estimate of drug-likeness (QED) is 0.875. The second-order valence-electron chi connectivity index (χ2n) is 5.67. The van der Waals surface area contributed by atoms with Gasteiger partial charge in [-0.15, -0.1) is 0 Å². The van der Waals surface area contributed by atoms with Crippen molar-refractivity contribution in [1.82, 2.24) is 10.2 Å². The van der Waals surface area contributed by atoms with Gasteiger partial charge in [0.2, 0.25) is 0 Å². The largest absolute Gasteiger partial charge is 0.314 e. The Kier molecular flexibility index (Phi) is 3.96. The molecule has 0 amide bonds. The smallest absolute Gasteiger partial charge is 0.0108 e. The molecule has 0 unspecified atom stereocenters. The van der Waals surface area contributed by atoms with Gasteiger partial charge in [-0.05, 0) is 36.3 Å². The van der Waals surface area contributed by atoms with Gasteiger partial charge in [0.05, 0.1) is 0 Å². The molecule has 0 aromatic heterocycles. The lowest BCUT2D eigenvalue weighted by atomic mass is 9.78. The molecule has 0 spiro atoms. The van der Waals surface area contributed by atoms with Crippen LogP contribution >= 0.6 is 0 Å². The zero-order valence-corrected chi connectivity index (χ0v) is 11.2. The first-order valence-electron chi connectivity index (χ1n) is 7.44. The molecule has 1 saturated carbocycles. The second kappa shape index (κ2) is 5.85. The molecule has 2 nitrogen and oxygen atoms in total. The van der Waals surface area contributed by atoms with Gasteiger partial charge in [-0.25, -0.2) is 0 Å². The Morgan fingerprint density at radius 3 is 2.61 bits per heavy atom. The van der Waals surface area contributed by atoms with E-state index in [9.17, 15) is 0 Å². The number of benzene rings is 1. The number of rotatable bonds is 4. The fourth-order valence-corrected chi connectivity index (χ4v) is 3.09. The highest BCUT2D eigenvalue weighted by atomic mass is 15.2. The highest BCUT2D eigenvalue weighted by Gasteiger charge is 2.21. The summed E-state index contributed by atoms with van der Waals surface area (Å²) in [6, 6.07) is 9.12. The molecule has 1 aromatic rings. The Hall–Kier alpha value is -0.860. The minimum absolute atomic E-state index is 0.865. The number of hydrogen-bond acceptors (Lipinski definition) is 2. The molecule has 1 aliphatic carbocycles. The average Bonchev–Trinajstić information content (AvgIpc) is 2.37. The van der Waals surface area contributed by atoms with E-state index in [2.05, 4.69) is 34.5 Å². The van der Waals surface area contributed by atoms with Gasteiger partial charge in [-0.3, -0.25) is 0 Å². The van der Waals surface area contributed by atoms with E-state index in [4.69, 9.17) is 0 Å². The van der Waals surface area contributed by atoms with Gasteiger partial charge < -0.3 is 10.2 Å². The zero-order valence-electron chi connectivity index (χ0n) is 11.2. The lowest BCUT2D eigenvalue weighted by Gasteiger charge is -2.30. The molecule has 98 valence electrons. The molecule has 2 heteroatoms. The van der Waals surface area contributed by atoms with Crippen molar-refractivity contribution >= 4 is 0 Å². The molecular formula is C16H24N2. The van der Waals surface area contributed by atoms with Crippen LogP contribution in [0.25, 0.3) is 0 Å².